The minimum Gasteiger partial charge on any atom is -0.497 e. The minimum atomic E-state index is -1.28. The van der Waals surface area contributed by atoms with Gasteiger partial charge in [-0.05, 0) is 47.9 Å². The molecule has 2 aliphatic rings. The number of hydrogen-bond acceptors (Lipinski definition) is 8. The average molecular weight is 573 g/mol. The van der Waals surface area contributed by atoms with E-state index in [1.165, 1.54) is 10.8 Å². The lowest BCUT2D eigenvalue weighted by Crippen LogP contribution is -2.48. The number of nitrogens with zero attached hydrogens (tertiary/aromatic N) is 1. The number of benzene rings is 3. The van der Waals surface area contributed by atoms with E-state index in [0.29, 0.717) is 17.1 Å². The number of ether oxygens (including phenoxy) is 5. The Morgan fingerprint density at radius 1 is 0.929 bits per heavy atom. The van der Waals surface area contributed by atoms with Crippen LogP contribution in [0.25, 0.3) is 0 Å². The van der Waals surface area contributed by atoms with Gasteiger partial charge in [0.05, 0.1) is 27.4 Å². The number of aromatic nitrogens is 2. The third-order valence-electron chi connectivity index (χ3n) is 8.13. The van der Waals surface area contributed by atoms with Crippen molar-refractivity contribution in [3.63, 3.8) is 0 Å². The number of aliphatic hydroxyl groups excluding tert-OH is 1. The minimum absolute atomic E-state index is 0.0580. The molecule has 2 unspecified atom stereocenters. The summed E-state index contributed by atoms with van der Waals surface area (Å²) in [5.41, 5.74) is -0.717. The van der Waals surface area contributed by atoms with Gasteiger partial charge in [0.25, 0.3) is 5.56 Å². The van der Waals surface area contributed by atoms with Gasteiger partial charge < -0.3 is 28.8 Å². The van der Waals surface area contributed by atoms with Crippen molar-refractivity contribution in [1.29, 1.82) is 0 Å². The zero-order valence-electron chi connectivity index (χ0n) is 23.5. The Bertz CT molecular complexity index is 1620. The first kappa shape index (κ1) is 27.9. The Morgan fingerprint density at radius 2 is 1.50 bits per heavy atom. The molecule has 2 N–H and O–H groups in total. The first-order chi connectivity index (χ1) is 20.3. The molecule has 4 atom stereocenters. The molecule has 0 radical (unpaired) electrons. The first-order valence-corrected chi connectivity index (χ1v) is 13.6. The summed E-state index contributed by atoms with van der Waals surface area (Å²) in [6.45, 7) is 1.57. The highest BCUT2D eigenvalue weighted by atomic mass is 16.7. The van der Waals surface area contributed by atoms with Crippen LogP contribution in [0.4, 0.5) is 0 Å². The van der Waals surface area contributed by atoms with Gasteiger partial charge in [-0.2, -0.15) is 0 Å². The van der Waals surface area contributed by atoms with Gasteiger partial charge in [-0.1, -0.05) is 54.6 Å². The zero-order chi connectivity index (χ0) is 29.5. The number of aliphatic hydroxyl groups is 1. The maximum absolute atomic E-state index is 12.7. The smallest absolute Gasteiger partial charge is 0.330 e. The Balaban J connectivity index is 1.44. The van der Waals surface area contributed by atoms with Crippen LogP contribution in [0, 0.1) is 6.92 Å². The second kappa shape index (κ2) is 10.9. The summed E-state index contributed by atoms with van der Waals surface area (Å²) in [4.78, 5) is 26.9. The largest absolute Gasteiger partial charge is 0.497 e. The predicted octanol–water partition coefficient (Wildman–Crippen LogP) is 2.90. The molecule has 2 aliphatic heterocycles. The van der Waals surface area contributed by atoms with Crippen molar-refractivity contribution in [1.82, 2.24) is 9.55 Å². The van der Waals surface area contributed by atoms with Crippen LogP contribution in [0.5, 0.6) is 11.5 Å². The maximum Gasteiger partial charge on any atom is 0.330 e. The highest BCUT2D eigenvalue weighted by Crippen LogP contribution is 2.48. The molecule has 3 heterocycles. The van der Waals surface area contributed by atoms with Crippen molar-refractivity contribution < 1.29 is 28.8 Å². The molecule has 2 saturated heterocycles. The highest BCUT2D eigenvalue weighted by Gasteiger charge is 2.63. The van der Waals surface area contributed by atoms with Crippen LogP contribution in [0.15, 0.2) is 94.6 Å². The second-order valence-electron chi connectivity index (χ2n) is 10.6. The van der Waals surface area contributed by atoms with E-state index in [1.54, 1.807) is 21.1 Å². The lowest BCUT2D eigenvalue weighted by molar-refractivity contribution is -0.204. The van der Waals surface area contributed by atoms with E-state index in [9.17, 15) is 14.7 Å². The Labute approximate surface area is 242 Å². The average Bonchev–Trinajstić information content (AvgIpc) is 3.49. The summed E-state index contributed by atoms with van der Waals surface area (Å²) >= 11 is 0. The van der Waals surface area contributed by atoms with Gasteiger partial charge in [-0.25, -0.2) is 4.79 Å². The number of nitrogens with one attached hydrogen (secondary N) is 1. The van der Waals surface area contributed by atoms with Crippen LogP contribution in [-0.2, 0) is 19.8 Å². The summed E-state index contributed by atoms with van der Waals surface area (Å²) in [5, 5.41) is 11.4. The fourth-order valence-electron chi connectivity index (χ4n) is 5.82. The van der Waals surface area contributed by atoms with Crippen molar-refractivity contribution in [2.24, 2.45) is 0 Å². The standard InChI is InChI=1S/C32H32N2O8/c1-20-17-34(30(37)33-28(20)36)29-26-27(35)31(42-29,18-40-26)19-41-32(21-7-5-4-6-8-21,22-9-13-24(38-2)14-10-22)23-11-15-25(39-3)16-12-23/h4-17,26-27,29,35H,18-19H2,1-3H3,(H,33,36,37)/t26?,27?,29-,31-/m1/s1. The van der Waals surface area contributed by atoms with Crippen LogP contribution in [0.3, 0.4) is 0 Å². The van der Waals surface area contributed by atoms with Crippen LogP contribution >= 0.6 is 0 Å². The summed E-state index contributed by atoms with van der Waals surface area (Å²) in [7, 11) is 3.22. The molecule has 10 heteroatoms. The third kappa shape index (κ3) is 4.53. The molecular formula is C32H32N2O8. The Hall–Kier alpha value is -4.22. The van der Waals surface area contributed by atoms with E-state index < -0.39 is 40.9 Å². The fraction of sp³-hybridized carbons (Fsp3) is 0.312. The van der Waals surface area contributed by atoms with Gasteiger partial charge >= 0.3 is 5.69 Å². The molecule has 6 rings (SSSR count). The number of rotatable bonds is 9. The molecule has 10 nitrogen and oxygen atoms in total. The monoisotopic (exact) mass is 572 g/mol. The van der Waals surface area contributed by atoms with Crippen molar-refractivity contribution in [2.75, 3.05) is 27.4 Å². The molecule has 0 aliphatic carbocycles. The molecule has 0 saturated carbocycles. The van der Waals surface area contributed by atoms with Crippen molar-refractivity contribution in [3.8, 4) is 11.5 Å². The second-order valence-corrected chi connectivity index (χ2v) is 10.6. The van der Waals surface area contributed by atoms with E-state index in [1.807, 2.05) is 78.9 Å². The van der Waals surface area contributed by atoms with Crippen LogP contribution in [0.1, 0.15) is 28.5 Å². The van der Waals surface area contributed by atoms with Crippen LogP contribution in [0.2, 0.25) is 0 Å². The molecule has 1 aromatic heterocycles. The number of H-pyrrole nitrogens is 1. The third-order valence-corrected chi connectivity index (χ3v) is 8.13. The molecule has 218 valence electrons. The van der Waals surface area contributed by atoms with E-state index >= 15 is 0 Å². The number of fused-ring (bicyclic) bond motifs is 2. The van der Waals surface area contributed by atoms with Gasteiger partial charge in [0.2, 0.25) is 0 Å². The van der Waals surface area contributed by atoms with Crippen LogP contribution < -0.4 is 20.7 Å². The fourth-order valence-corrected chi connectivity index (χ4v) is 5.82. The van der Waals surface area contributed by atoms with E-state index in [0.717, 1.165) is 16.7 Å². The van der Waals surface area contributed by atoms with E-state index in [4.69, 9.17) is 23.7 Å². The number of methoxy groups -OCH3 is 2. The van der Waals surface area contributed by atoms with Gasteiger partial charge in [-0.3, -0.25) is 14.3 Å². The van der Waals surface area contributed by atoms with Gasteiger partial charge in [0.1, 0.15) is 34.9 Å². The molecular weight excluding hydrogens is 540 g/mol. The molecule has 0 spiro atoms. The number of aromatic amines is 1. The molecule has 0 amide bonds. The molecule has 2 bridgehead atoms. The Morgan fingerprint density at radius 3 is 2.07 bits per heavy atom. The lowest BCUT2D eigenvalue weighted by Gasteiger charge is -2.39. The van der Waals surface area contributed by atoms with Gasteiger partial charge in [0.15, 0.2) is 6.23 Å². The normalized spacial score (nSPS) is 23.2. The van der Waals surface area contributed by atoms with Crippen molar-refractivity contribution >= 4 is 0 Å². The molecule has 4 aromatic rings. The van der Waals surface area contributed by atoms with Gasteiger partial charge in [-0.15, -0.1) is 0 Å². The van der Waals surface area contributed by atoms with Crippen molar-refractivity contribution in [2.45, 2.75) is 36.6 Å². The van der Waals surface area contributed by atoms with Gasteiger partial charge in [0, 0.05) is 11.8 Å². The Kier molecular flexibility index (Phi) is 7.24. The maximum atomic E-state index is 12.7. The quantitative estimate of drug-likeness (QED) is 0.294. The zero-order valence-corrected chi connectivity index (χ0v) is 23.5. The van der Waals surface area contributed by atoms with E-state index in [2.05, 4.69) is 4.98 Å². The van der Waals surface area contributed by atoms with Crippen molar-refractivity contribution in [3.05, 3.63) is 128 Å². The highest BCUT2D eigenvalue weighted by molar-refractivity contribution is 5.49. The lowest BCUT2D eigenvalue weighted by atomic mass is 9.79. The molecule has 3 aromatic carbocycles. The predicted molar refractivity (Wildman–Crippen MR) is 153 cm³/mol. The SMILES string of the molecule is COc1ccc(C(OC[C@]23COC(C2O)[C@H](n2cc(C)c(=O)[nH]c2=O)O3)(c2ccccc2)c2ccc(OC)cc2)cc1. The number of aryl methyl sites for hydroxylation is 1. The van der Waals surface area contributed by atoms with E-state index in [-0.39, 0.29) is 13.2 Å². The summed E-state index contributed by atoms with van der Waals surface area (Å²) in [5.74, 6) is 1.39. The summed E-state index contributed by atoms with van der Waals surface area (Å²) < 4.78 is 31.4. The van der Waals surface area contributed by atoms with Crippen LogP contribution in [-0.4, -0.2) is 59.9 Å². The number of hydrogen-bond donors (Lipinski definition) is 2. The summed E-state index contributed by atoms with van der Waals surface area (Å²) in [6, 6.07) is 25.0. The topological polar surface area (TPSA) is 121 Å². The molecule has 2 fully saturated rings. The molecule has 42 heavy (non-hydrogen) atoms. The first-order valence-electron chi connectivity index (χ1n) is 13.6. The summed E-state index contributed by atoms with van der Waals surface area (Å²) in [6.07, 6.45) is -1.46.